The van der Waals surface area contributed by atoms with Crippen LogP contribution in [0.5, 0.6) is 17.2 Å². The smallest absolute Gasteiger partial charge is 0.210 e. The van der Waals surface area contributed by atoms with Gasteiger partial charge in [-0.05, 0) is 72.1 Å². The molecular formula is C27H26ClFN2O4. The van der Waals surface area contributed by atoms with E-state index >= 15 is 0 Å². The molecule has 3 aromatic carbocycles. The number of methoxy groups -OCH3 is 3. The number of carbonyl (C=O) groups is 1. The van der Waals surface area contributed by atoms with Crippen molar-refractivity contribution < 1.29 is 23.4 Å². The molecule has 1 amide bonds. The van der Waals surface area contributed by atoms with Crippen molar-refractivity contribution in [1.29, 1.82) is 0 Å². The van der Waals surface area contributed by atoms with Gasteiger partial charge in [-0.2, -0.15) is 0 Å². The van der Waals surface area contributed by atoms with Crippen LogP contribution >= 0.6 is 11.6 Å². The van der Waals surface area contributed by atoms with Crippen molar-refractivity contribution in [2.75, 3.05) is 27.9 Å². The normalized spacial score (nSPS) is 14.5. The number of halogens is 2. The van der Waals surface area contributed by atoms with Gasteiger partial charge in [-0.15, -0.1) is 0 Å². The summed E-state index contributed by atoms with van der Waals surface area (Å²) in [5.41, 5.74) is 3.68. The van der Waals surface area contributed by atoms with Crippen LogP contribution in [0.15, 0.2) is 60.7 Å². The lowest BCUT2D eigenvalue weighted by Gasteiger charge is -2.33. The Morgan fingerprint density at radius 2 is 1.66 bits per heavy atom. The van der Waals surface area contributed by atoms with E-state index in [2.05, 4.69) is 4.98 Å². The molecule has 1 atom stereocenters. The Bertz CT molecular complexity index is 1300. The first kappa shape index (κ1) is 24.4. The van der Waals surface area contributed by atoms with E-state index in [-0.39, 0.29) is 11.8 Å². The van der Waals surface area contributed by atoms with E-state index in [9.17, 15) is 9.18 Å². The summed E-state index contributed by atoms with van der Waals surface area (Å²) in [4.78, 5) is 16.7. The predicted octanol–water partition coefficient (Wildman–Crippen LogP) is 5.78. The summed E-state index contributed by atoms with van der Waals surface area (Å²) in [6.45, 7) is 0.564. The van der Waals surface area contributed by atoms with E-state index < -0.39 is 5.82 Å². The van der Waals surface area contributed by atoms with Crippen LogP contribution in [0.1, 0.15) is 22.9 Å². The highest BCUT2D eigenvalue weighted by Crippen LogP contribution is 2.39. The molecule has 0 saturated carbocycles. The Kier molecular flexibility index (Phi) is 7.46. The van der Waals surface area contributed by atoms with Crippen LogP contribution in [0.3, 0.4) is 0 Å². The molecule has 0 bridgehead atoms. The van der Waals surface area contributed by atoms with Gasteiger partial charge in [0.25, 0.3) is 0 Å². The molecule has 8 heteroatoms. The van der Waals surface area contributed by atoms with E-state index in [0.717, 1.165) is 46.5 Å². The average molecular weight is 497 g/mol. The highest BCUT2D eigenvalue weighted by Gasteiger charge is 2.31. The molecule has 1 aliphatic heterocycles. The molecule has 0 spiro atoms. The second-order valence-electron chi connectivity index (χ2n) is 7.98. The van der Waals surface area contributed by atoms with Crippen LogP contribution in [0, 0.1) is 5.82 Å². The first-order valence-corrected chi connectivity index (χ1v) is 11.4. The molecule has 4 aromatic rings. The lowest BCUT2D eigenvalue weighted by molar-refractivity contribution is -0.120. The molecule has 0 fully saturated rings. The predicted molar refractivity (Wildman–Crippen MR) is 134 cm³/mol. The van der Waals surface area contributed by atoms with Gasteiger partial charge in [0.2, 0.25) is 6.41 Å². The molecule has 6 nitrogen and oxygen atoms in total. The molecule has 1 unspecified atom stereocenters. The third-order valence-corrected chi connectivity index (χ3v) is 6.28. The number of nitrogens with one attached hydrogen (secondary N) is 1. The monoisotopic (exact) mass is 496 g/mol. The third kappa shape index (κ3) is 5.05. The number of rotatable bonds is 5. The number of benzene rings is 3. The van der Waals surface area contributed by atoms with E-state index in [4.69, 9.17) is 25.8 Å². The minimum absolute atomic E-state index is 0.181. The molecule has 0 saturated heterocycles. The highest BCUT2D eigenvalue weighted by molar-refractivity contribution is 6.31. The van der Waals surface area contributed by atoms with Crippen LogP contribution in [-0.2, 0) is 11.2 Å². The number of nitrogens with zero attached hydrogens (tertiary/aromatic N) is 1. The fraction of sp³-hybridized carbons (Fsp3) is 0.222. The van der Waals surface area contributed by atoms with Crippen molar-refractivity contribution in [1.82, 2.24) is 9.88 Å². The molecule has 0 radical (unpaired) electrons. The van der Waals surface area contributed by atoms with Crippen molar-refractivity contribution in [2.45, 2.75) is 12.5 Å². The maximum absolute atomic E-state index is 14.2. The first-order chi connectivity index (χ1) is 17.0. The van der Waals surface area contributed by atoms with Gasteiger partial charge in [-0.25, -0.2) is 4.39 Å². The minimum Gasteiger partial charge on any atom is -0.497 e. The van der Waals surface area contributed by atoms with Gasteiger partial charge in [0.1, 0.15) is 11.5 Å². The minimum atomic E-state index is -0.447. The largest absolute Gasteiger partial charge is 0.497 e. The molecule has 1 aromatic heterocycles. The first-order valence-electron chi connectivity index (χ1n) is 11.0. The molecular weight excluding hydrogens is 471 g/mol. The zero-order chi connectivity index (χ0) is 24.9. The second-order valence-corrected chi connectivity index (χ2v) is 8.41. The Balaban J connectivity index is 0.000000243. The lowest BCUT2D eigenvalue weighted by atomic mass is 9.92. The van der Waals surface area contributed by atoms with Gasteiger partial charge in [0.15, 0.2) is 11.6 Å². The molecule has 182 valence electrons. The van der Waals surface area contributed by atoms with Crippen LogP contribution in [0.25, 0.3) is 10.9 Å². The van der Waals surface area contributed by atoms with Crippen LogP contribution in [0.4, 0.5) is 4.39 Å². The lowest BCUT2D eigenvalue weighted by Crippen LogP contribution is -2.35. The second kappa shape index (κ2) is 10.7. The van der Waals surface area contributed by atoms with E-state index in [0.29, 0.717) is 17.1 Å². The van der Waals surface area contributed by atoms with Gasteiger partial charge in [-0.3, -0.25) is 4.79 Å². The zero-order valence-corrected chi connectivity index (χ0v) is 20.4. The summed E-state index contributed by atoms with van der Waals surface area (Å²) in [6.07, 6.45) is 1.54. The van der Waals surface area contributed by atoms with Crippen LogP contribution in [0.2, 0.25) is 5.02 Å². The van der Waals surface area contributed by atoms with Crippen molar-refractivity contribution in [3.05, 3.63) is 88.3 Å². The quantitative estimate of drug-likeness (QED) is 0.356. The van der Waals surface area contributed by atoms with Crippen LogP contribution in [-0.4, -0.2) is 44.2 Å². The number of fused-ring (bicyclic) bond motifs is 3. The SMILES string of the molecule is COc1ccc(C2c3[nH]c4ccc(Cl)cc4c3CCN2C=O)cc1F.COc1ccc(OC)cc1. The zero-order valence-electron chi connectivity index (χ0n) is 19.7. The van der Waals surface area contributed by atoms with E-state index in [1.54, 1.807) is 31.3 Å². The topological polar surface area (TPSA) is 63.8 Å². The number of carbonyl (C=O) groups excluding carboxylic acids is 1. The Labute approximate surface area is 208 Å². The van der Waals surface area contributed by atoms with Gasteiger partial charge in [0, 0.05) is 28.2 Å². The summed E-state index contributed by atoms with van der Waals surface area (Å²) >= 11 is 6.14. The van der Waals surface area contributed by atoms with Gasteiger partial charge < -0.3 is 24.1 Å². The number of hydrogen-bond acceptors (Lipinski definition) is 4. The number of hydrogen-bond donors (Lipinski definition) is 1. The van der Waals surface area contributed by atoms with E-state index in [1.807, 2.05) is 42.5 Å². The van der Waals surface area contributed by atoms with Gasteiger partial charge >= 0.3 is 0 Å². The molecule has 0 aliphatic carbocycles. The third-order valence-electron chi connectivity index (χ3n) is 6.05. The van der Waals surface area contributed by atoms with Crippen LogP contribution < -0.4 is 14.2 Å². The van der Waals surface area contributed by atoms with Crippen molar-refractivity contribution in [2.24, 2.45) is 0 Å². The molecule has 5 rings (SSSR count). The fourth-order valence-corrected chi connectivity index (χ4v) is 4.49. The highest BCUT2D eigenvalue weighted by atomic mass is 35.5. The maximum Gasteiger partial charge on any atom is 0.210 e. The summed E-state index contributed by atoms with van der Waals surface area (Å²) in [6, 6.07) is 17.5. The Hall–Kier alpha value is -3.71. The van der Waals surface area contributed by atoms with Crippen molar-refractivity contribution >= 4 is 28.9 Å². The molecule has 2 heterocycles. The molecule has 1 N–H and O–H groups in total. The number of H-pyrrole nitrogens is 1. The van der Waals surface area contributed by atoms with E-state index in [1.165, 1.54) is 13.2 Å². The summed E-state index contributed by atoms with van der Waals surface area (Å²) < 4.78 is 29.1. The summed E-state index contributed by atoms with van der Waals surface area (Å²) in [5.74, 6) is 1.43. The number of amides is 1. The summed E-state index contributed by atoms with van der Waals surface area (Å²) in [7, 11) is 4.71. The number of ether oxygens (including phenoxy) is 3. The maximum atomic E-state index is 14.2. The van der Waals surface area contributed by atoms with Gasteiger partial charge in [0.05, 0.1) is 27.4 Å². The standard InChI is InChI=1S/C19H16ClFN2O2.C8H10O2/c1-25-17-5-2-11(8-15(17)21)19-18-13(6-7-23(19)10-24)14-9-12(20)3-4-16(14)22-18;1-9-7-3-5-8(10-2)6-4-7/h2-5,8-10,19,22H,6-7H2,1H3;3-6H,1-2H3. The van der Waals surface area contributed by atoms with Crippen molar-refractivity contribution in [3.8, 4) is 17.2 Å². The van der Waals surface area contributed by atoms with Gasteiger partial charge in [-0.1, -0.05) is 17.7 Å². The number of aromatic amines is 1. The summed E-state index contributed by atoms with van der Waals surface area (Å²) in [5, 5.41) is 1.71. The Morgan fingerprint density at radius 3 is 2.23 bits per heavy atom. The molecule has 1 aliphatic rings. The fourth-order valence-electron chi connectivity index (χ4n) is 4.32. The number of aromatic nitrogens is 1. The average Bonchev–Trinajstić information content (AvgIpc) is 3.26. The van der Waals surface area contributed by atoms with Crippen molar-refractivity contribution in [3.63, 3.8) is 0 Å². The Morgan fingerprint density at radius 1 is 0.971 bits per heavy atom. The molecule has 35 heavy (non-hydrogen) atoms.